The first-order valence-corrected chi connectivity index (χ1v) is 10.4. The highest BCUT2D eigenvalue weighted by Crippen LogP contribution is 2.35. The van der Waals surface area contributed by atoms with Gasteiger partial charge in [0.2, 0.25) is 0 Å². The molecule has 1 saturated heterocycles. The third-order valence-electron chi connectivity index (χ3n) is 5.14. The number of allylic oxidation sites excluding steroid dienone is 1. The van der Waals surface area contributed by atoms with Gasteiger partial charge in [0.25, 0.3) is 6.29 Å². The fourth-order valence-corrected chi connectivity index (χ4v) is 3.50. The van der Waals surface area contributed by atoms with Gasteiger partial charge >= 0.3 is 6.11 Å². The molecule has 0 radical (unpaired) electrons. The highest BCUT2D eigenvalue weighted by atomic mass is 19.3. The number of rotatable bonds is 9. The normalized spacial score (nSPS) is 21.4. The number of hydrogen-bond donors (Lipinski definition) is 0. The van der Waals surface area contributed by atoms with Gasteiger partial charge < -0.3 is 14.2 Å². The minimum absolute atomic E-state index is 0.0294. The van der Waals surface area contributed by atoms with Crippen molar-refractivity contribution in [3.63, 3.8) is 0 Å². The van der Waals surface area contributed by atoms with Crippen molar-refractivity contribution in [2.75, 3.05) is 13.2 Å². The van der Waals surface area contributed by atoms with E-state index < -0.39 is 48.7 Å². The molecular formula is C24H25F5O3. The highest BCUT2D eigenvalue weighted by Gasteiger charge is 2.50. The van der Waals surface area contributed by atoms with Crippen LogP contribution < -0.4 is 4.74 Å². The molecule has 1 heterocycles. The molecule has 0 saturated carbocycles. The summed E-state index contributed by atoms with van der Waals surface area (Å²) in [5, 5.41) is 0. The lowest BCUT2D eigenvalue weighted by atomic mass is 10.0. The van der Waals surface area contributed by atoms with E-state index in [9.17, 15) is 22.0 Å². The minimum atomic E-state index is -3.97. The molecule has 32 heavy (non-hydrogen) atoms. The van der Waals surface area contributed by atoms with Gasteiger partial charge in [-0.15, -0.1) is 6.58 Å². The molecule has 8 heteroatoms. The molecule has 0 aliphatic carbocycles. The maximum Gasteiger partial charge on any atom is 0.451 e. The van der Waals surface area contributed by atoms with Crippen molar-refractivity contribution >= 4 is 0 Å². The summed E-state index contributed by atoms with van der Waals surface area (Å²) in [6, 6.07) is 7.41. The van der Waals surface area contributed by atoms with E-state index in [1.807, 2.05) is 0 Å². The van der Waals surface area contributed by atoms with Crippen LogP contribution >= 0.6 is 0 Å². The van der Waals surface area contributed by atoms with E-state index in [0.717, 1.165) is 12.1 Å². The molecule has 0 atom stereocenters. The quantitative estimate of drug-likeness (QED) is 0.314. The van der Waals surface area contributed by atoms with Crippen LogP contribution in [-0.2, 0) is 15.9 Å². The zero-order valence-electron chi connectivity index (χ0n) is 17.7. The summed E-state index contributed by atoms with van der Waals surface area (Å²) in [7, 11) is 0. The largest absolute Gasteiger partial charge is 0.451 e. The van der Waals surface area contributed by atoms with Crippen LogP contribution in [0.25, 0.3) is 11.1 Å². The lowest BCUT2D eigenvalue weighted by molar-refractivity contribution is -0.362. The molecule has 174 valence electrons. The molecule has 1 aliphatic heterocycles. The number of benzene rings is 2. The molecule has 0 N–H and O–H groups in total. The second-order valence-electron chi connectivity index (χ2n) is 7.79. The van der Waals surface area contributed by atoms with Crippen LogP contribution in [0.4, 0.5) is 22.0 Å². The minimum Gasteiger partial charge on any atom is -0.429 e. The van der Waals surface area contributed by atoms with Gasteiger partial charge in [-0.25, -0.2) is 13.2 Å². The van der Waals surface area contributed by atoms with Crippen molar-refractivity contribution in [3.05, 3.63) is 66.3 Å². The van der Waals surface area contributed by atoms with Crippen LogP contribution in [0.1, 0.15) is 31.7 Å². The molecule has 0 amide bonds. The summed E-state index contributed by atoms with van der Waals surface area (Å²) < 4.78 is 86.3. The van der Waals surface area contributed by atoms with Crippen molar-refractivity contribution in [1.29, 1.82) is 0 Å². The molecule has 2 aromatic rings. The van der Waals surface area contributed by atoms with E-state index in [0.29, 0.717) is 24.8 Å². The van der Waals surface area contributed by atoms with Crippen molar-refractivity contribution in [2.45, 2.75) is 50.7 Å². The van der Waals surface area contributed by atoms with Crippen molar-refractivity contribution in [2.24, 2.45) is 0 Å². The molecule has 0 bridgehead atoms. The van der Waals surface area contributed by atoms with Gasteiger partial charge in [-0.1, -0.05) is 31.6 Å². The van der Waals surface area contributed by atoms with Gasteiger partial charge in [0.1, 0.15) is 17.4 Å². The van der Waals surface area contributed by atoms with Crippen LogP contribution in [0.15, 0.2) is 49.1 Å². The van der Waals surface area contributed by atoms with Gasteiger partial charge in [0.15, 0.2) is 5.67 Å². The molecule has 3 rings (SSSR count). The summed E-state index contributed by atoms with van der Waals surface area (Å²) in [6.45, 7) is 4.25. The molecule has 1 fully saturated rings. The summed E-state index contributed by atoms with van der Waals surface area (Å²) in [5.74, 6) is -1.83. The first-order valence-electron chi connectivity index (χ1n) is 10.4. The monoisotopic (exact) mass is 456 g/mol. The lowest BCUT2D eigenvalue weighted by Gasteiger charge is -2.36. The zero-order valence-corrected chi connectivity index (χ0v) is 17.7. The molecule has 0 spiro atoms. The Bertz CT molecular complexity index is 939. The first kappa shape index (κ1) is 24.2. The molecule has 1 aliphatic rings. The smallest absolute Gasteiger partial charge is 0.429 e. The predicted molar refractivity (Wildman–Crippen MR) is 110 cm³/mol. The third kappa shape index (κ3) is 5.66. The topological polar surface area (TPSA) is 27.7 Å². The number of alkyl halides is 3. The Morgan fingerprint density at radius 1 is 1.12 bits per heavy atom. The van der Waals surface area contributed by atoms with Gasteiger partial charge in [-0.3, -0.25) is 0 Å². The number of aryl methyl sites for hydroxylation is 1. The highest BCUT2D eigenvalue weighted by molar-refractivity contribution is 5.65. The van der Waals surface area contributed by atoms with E-state index in [4.69, 9.17) is 9.47 Å². The molecule has 0 aromatic heterocycles. The maximum absolute atomic E-state index is 14.6. The molecular weight excluding hydrogens is 431 g/mol. The van der Waals surface area contributed by atoms with E-state index in [1.165, 1.54) is 12.1 Å². The summed E-state index contributed by atoms with van der Waals surface area (Å²) in [6.07, 6.45) is -2.73. The number of ether oxygens (including phenoxy) is 3. The van der Waals surface area contributed by atoms with Crippen LogP contribution in [0.5, 0.6) is 5.75 Å². The van der Waals surface area contributed by atoms with Crippen LogP contribution in [-0.4, -0.2) is 31.3 Å². The summed E-state index contributed by atoms with van der Waals surface area (Å²) in [4.78, 5) is 0. The van der Waals surface area contributed by atoms with Crippen LogP contribution in [0.2, 0.25) is 0 Å². The Labute approximate surface area is 183 Å². The summed E-state index contributed by atoms with van der Waals surface area (Å²) in [5.41, 5.74) is -1.07. The molecule has 2 aromatic carbocycles. The Morgan fingerprint density at radius 3 is 2.44 bits per heavy atom. The number of halogens is 5. The third-order valence-corrected chi connectivity index (χ3v) is 5.14. The maximum atomic E-state index is 14.6. The van der Waals surface area contributed by atoms with Crippen molar-refractivity contribution in [3.8, 4) is 16.9 Å². The Kier molecular flexibility index (Phi) is 7.56. The predicted octanol–water partition coefficient (Wildman–Crippen LogP) is 6.60. The Hall–Kier alpha value is -2.45. The fourth-order valence-electron chi connectivity index (χ4n) is 3.50. The summed E-state index contributed by atoms with van der Waals surface area (Å²) >= 11 is 0. The van der Waals surface area contributed by atoms with E-state index >= 15 is 0 Å². The van der Waals surface area contributed by atoms with Gasteiger partial charge in [-0.05, 0) is 48.6 Å². The van der Waals surface area contributed by atoms with Crippen molar-refractivity contribution < 1.29 is 36.2 Å². The zero-order chi connectivity index (χ0) is 23.4. The van der Waals surface area contributed by atoms with Gasteiger partial charge in [0, 0.05) is 11.6 Å². The van der Waals surface area contributed by atoms with Crippen molar-refractivity contribution in [1.82, 2.24) is 0 Å². The average molecular weight is 456 g/mol. The van der Waals surface area contributed by atoms with Crippen LogP contribution in [0.3, 0.4) is 0 Å². The average Bonchev–Trinajstić information content (AvgIpc) is 2.73. The van der Waals surface area contributed by atoms with Crippen LogP contribution in [0, 0.1) is 11.6 Å². The number of hydrogen-bond acceptors (Lipinski definition) is 3. The second kappa shape index (κ2) is 10.0. The fraction of sp³-hybridized carbons (Fsp3) is 0.417. The van der Waals surface area contributed by atoms with Gasteiger partial charge in [0.05, 0.1) is 13.2 Å². The lowest BCUT2D eigenvalue weighted by Crippen LogP contribution is -2.52. The SMILES string of the molecule is C=CCCc1ccc(-c2ccc(OC(F)(F)C3OCC(F)(CCC)CO3)cc2F)cc1F. The van der Waals surface area contributed by atoms with E-state index in [-0.39, 0.29) is 17.5 Å². The first-order chi connectivity index (χ1) is 15.2. The molecule has 3 nitrogen and oxygen atoms in total. The Morgan fingerprint density at radius 2 is 1.84 bits per heavy atom. The van der Waals surface area contributed by atoms with Gasteiger partial charge in [-0.2, -0.15) is 8.78 Å². The second-order valence-corrected chi connectivity index (χ2v) is 7.79. The van der Waals surface area contributed by atoms with E-state index in [1.54, 1.807) is 25.1 Å². The standard InChI is InChI=1S/C24H25F5O3/c1-3-5-6-16-7-8-17(12-20(16)25)19-10-9-18(13-21(19)26)32-24(28,29)22-30-14-23(27,11-4-2)15-31-22/h3,7-10,12-13,22H,1,4-6,11,14-15H2,2H3. The molecule has 0 unspecified atom stereocenters. The van der Waals surface area contributed by atoms with E-state index in [2.05, 4.69) is 11.3 Å². The Balaban J connectivity index is 1.70.